The zero-order valence-electron chi connectivity index (χ0n) is 2.16. The maximum Gasteiger partial charge on any atom is -0.197 e. The first kappa shape index (κ1) is 9.03. The van der Waals surface area contributed by atoms with Gasteiger partial charge >= 0.3 is 36.2 Å². The van der Waals surface area contributed by atoms with Crippen LogP contribution in [0.3, 0.4) is 0 Å². The molecule has 0 fully saturated rings. The quantitative estimate of drug-likeness (QED) is 0.393. The van der Waals surface area contributed by atoms with E-state index in [1.54, 1.807) is 0 Å². The van der Waals surface area contributed by atoms with Gasteiger partial charge in [0.25, 0.3) is 0 Å². The Labute approximate surface area is 50.0 Å². The van der Waals surface area contributed by atoms with E-state index in [4.69, 9.17) is 5.26 Å². The van der Waals surface area contributed by atoms with E-state index in [9.17, 15) is 0 Å². The fourth-order valence-electron chi connectivity index (χ4n) is 0. The Hall–Kier alpha value is 0.380. The molecule has 0 atom stereocenters. The van der Waals surface area contributed by atoms with Crippen LogP contribution in [0.1, 0.15) is 0 Å². The molecule has 0 radical (unpaired) electrons. The summed E-state index contributed by atoms with van der Waals surface area (Å²) >= 11 is 2.40. The van der Waals surface area contributed by atoms with Gasteiger partial charge in [0, 0.05) is 0 Å². The Morgan fingerprint density at radius 2 is 2.00 bits per heavy atom. The monoisotopic (exact) mass is 183 g/mol. The molecule has 0 unspecified atom stereocenters. The Balaban J connectivity index is 0. The van der Waals surface area contributed by atoms with E-state index in [1.165, 1.54) is 6.26 Å². The zero-order chi connectivity index (χ0) is 3.41. The molecule has 4 heteroatoms. The van der Waals surface area contributed by atoms with Crippen LogP contribution in [0, 0.1) is 11.5 Å². The summed E-state index contributed by atoms with van der Waals surface area (Å²) in [6, 6.07) is 0. The van der Waals surface area contributed by atoms with Gasteiger partial charge in [-0.15, -0.1) is 0 Å². The Morgan fingerprint density at radius 3 is 2.00 bits per heavy atom. The van der Waals surface area contributed by atoms with Crippen molar-refractivity contribution in [3.05, 3.63) is 0 Å². The fourth-order valence-corrected chi connectivity index (χ4v) is 0. The summed E-state index contributed by atoms with van der Waals surface area (Å²) in [6.07, 6.45) is 1.35. The molecule has 0 saturated heterocycles. The van der Waals surface area contributed by atoms with Crippen LogP contribution in [0.15, 0.2) is 0 Å². The Morgan fingerprint density at radius 1 is 1.80 bits per heavy atom. The second-order valence-electron chi connectivity index (χ2n) is 0.153. The molecule has 0 rings (SSSR count). The summed E-state index contributed by atoms with van der Waals surface area (Å²) in [7, 11) is 0. The van der Waals surface area contributed by atoms with Gasteiger partial charge in [-0.3, -0.25) is 0 Å². The molecule has 2 nitrogen and oxygen atoms in total. The maximum atomic E-state index is 7.36. The van der Waals surface area contributed by atoms with E-state index >= 15 is 0 Å². The van der Waals surface area contributed by atoms with Gasteiger partial charge in [-0.25, -0.2) is 0 Å². The van der Waals surface area contributed by atoms with Gasteiger partial charge in [-0.05, 0) is 0 Å². The molecule has 0 aromatic heterocycles. The van der Waals surface area contributed by atoms with Crippen molar-refractivity contribution in [1.29, 1.82) is 5.26 Å². The van der Waals surface area contributed by atoms with Crippen LogP contribution in [-0.2, 0) is 24.7 Å². The van der Waals surface area contributed by atoms with Crippen molar-refractivity contribution in [3.8, 4) is 6.26 Å². The number of nitrogens with zero attached hydrogens (tertiary/aromatic N) is 1. The van der Waals surface area contributed by atoms with Gasteiger partial charge in [0.15, 0.2) is 0 Å². The molecule has 0 aliphatic rings. The van der Waals surface area contributed by atoms with Gasteiger partial charge in [0.05, 0.1) is 0 Å². The van der Waals surface area contributed by atoms with Gasteiger partial charge in [0.1, 0.15) is 0 Å². The average Bonchev–Trinajstić information content (AvgIpc) is 1.37. The van der Waals surface area contributed by atoms with Crippen LogP contribution >= 0.6 is 13.5 Å². The molecule has 0 amide bonds. The van der Waals surface area contributed by atoms with Crippen molar-refractivity contribution in [2.45, 2.75) is 0 Å². The van der Waals surface area contributed by atoms with E-state index in [2.05, 4.69) is 24.7 Å². The van der Waals surface area contributed by atoms with Crippen molar-refractivity contribution in [2.75, 3.05) is 0 Å². The van der Waals surface area contributed by atoms with E-state index in [0.717, 1.165) is 0 Å². The average molecular weight is 184 g/mol. The summed E-state index contributed by atoms with van der Waals surface area (Å²) in [6.45, 7) is 0. The molecule has 5 heavy (non-hydrogen) atoms. The fraction of sp³-hybridized carbons (Fsp3) is 0. The first-order valence-electron chi connectivity index (χ1n) is 0.551. The molecule has 0 bridgehead atoms. The van der Waals surface area contributed by atoms with E-state index in [-0.39, 0.29) is 13.5 Å². The predicted octanol–water partition coefficient (Wildman–Crippen LogP) is 0.0587. The first-order chi connectivity index (χ1) is 1.91. The molecule has 0 N–H and O–H groups in total. The summed E-state index contributed by atoms with van der Waals surface area (Å²) in [5.41, 5.74) is 0. The second kappa shape index (κ2) is 8.83. The number of hydrogen-bond acceptors (Lipinski definition) is 2. The third kappa shape index (κ3) is 13.0. The van der Waals surface area contributed by atoms with E-state index in [1.807, 2.05) is 0 Å². The van der Waals surface area contributed by atoms with E-state index < -0.39 is 0 Å². The standard InChI is InChI=1S/CHNO.Ag.H2S/c2-1-3;;/h3H;;1H2/q;+1;/p-1. The maximum absolute atomic E-state index is 7.36. The third-order valence-corrected chi connectivity index (χ3v) is 0.163. The molecule has 0 heterocycles. The van der Waals surface area contributed by atoms with Crippen molar-refractivity contribution in [2.24, 2.45) is 0 Å². The molecule has 0 aromatic carbocycles. The normalized spacial score (nSPS) is 3.40. The minimum Gasteiger partial charge on any atom is -0.197 e. The molecule has 0 saturated carbocycles. The van der Waals surface area contributed by atoms with Gasteiger partial charge in [-0.1, -0.05) is 0 Å². The Bertz CT molecular complexity index is 41.4. The molecule has 34 valence electrons. The molecule has 0 spiro atoms. The van der Waals surface area contributed by atoms with Crippen molar-refractivity contribution in [1.82, 2.24) is 0 Å². The second-order valence-corrected chi connectivity index (χ2v) is 0.455. The molecule has 0 aliphatic heterocycles. The summed E-state index contributed by atoms with van der Waals surface area (Å²) in [5.74, 6) is 0. The van der Waals surface area contributed by atoms with Crippen molar-refractivity contribution < 1.29 is 24.7 Å². The van der Waals surface area contributed by atoms with Gasteiger partial charge in [0.2, 0.25) is 0 Å². The summed E-state index contributed by atoms with van der Waals surface area (Å²) < 4.78 is 3.66. The third-order valence-electron chi connectivity index (χ3n) is 0.0275. The number of hydrogen-bond donors (Lipinski definition) is 0. The van der Waals surface area contributed by atoms with Crippen LogP contribution in [0.25, 0.3) is 0 Å². The minimum atomic E-state index is 0. The van der Waals surface area contributed by atoms with Crippen molar-refractivity contribution >= 4 is 13.5 Å². The van der Waals surface area contributed by atoms with Gasteiger partial charge < -0.3 is 0 Å². The smallest absolute Gasteiger partial charge is 0.197 e. The Kier molecular flexibility index (Phi) is 16.0. The van der Waals surface area contributed by atoms with Crippen molar-refractivity contribution in [3.63, 3.8) is 0 Å². The van der Waals surface area contributed by atoms with Crippen LogP contribution in [0.5, 0.6) is 0 Å². The summed E-state index contributed by atoms with van der Waals surface area (Å²) in [5, 5.41) is 7.36. The molecular weight excluding hydrogens is 182 g/mol. The minimum absolute atomic E-state index is 0. The molecule has 0 aliphatic carbocycles. The van der Waals surface area contributed by atoms with Crippen LogP contribution in [-0.4, -0.2) is 0 Å². The van der Waals surface area contributed by atoms with Crippen LogP contribution < -0.4 is 0 Å². The molecule has 0 aromatic rings. The topological polar surface area (TPSA) is 33.0 Å². The SMILES string of the molecule is N#C[O][Ag].S. The predicted molar refractivity (Wildman–Crippen MR) is 17.1 cm³/mol. The number of nitriles is 1. The van der Waals surface area contributed by atoms with E-state index in [0.29, 0.717) is 0 Å². The number of rotatable bonds is 0. The van der Waals surface area contributed by atoms with Crippen LogP contribution in [0.4, 0.5) is 0 Å². The first-order valence-corrected chi connectivity index (χ1v) is 1.16. The zero-order valence-corrected chi connectivity index (χ0v) is 4.64. The van der Waals surface area contributed by atoms with Crippen LogP contribution in [0.2, 0.25) is 0 Å². The largest absolute Gasteiger partial charge is 0.197 e. The van der Waals surface area contributed by atoms with Gasteiger partial charge in [-0.2, -0.15) is 13.5 Å². The summed E-state index contributed by atoms with van der Waals surface area (Å²) in [4.78, 5) is 0. The molecular formula is CH2AgNOS.